The first-order valence-corrected chi connectivity index (χ1v) is 9.00. The van der Waals surface area contributed by atoms with Crippen molar-refractivity contribution in [1.29, 1.82) is 0 Å². The summed E-state index contributed by atoms with van der Waals surface area (Å²) in [6.45, 7) is 2.38. The molecule has 1 N–H and O–H groups in total. The minimum absolute atomic E-state index is 0.0667. The van der Waals surface area contributed by atoms with Gasteiger partial charge in [0.1, 0.15) is 5.75 Å². The molecule has 1 aromatic carbocycles. The van der Waals surface area contributed by atoms with Crippen molar-refractivity contribution in [1.82, 2.24) is 4.31 Å². The van der Waals surface area contributed by atoms with E-state index in [4.69, 9.17) is 4.74 Å². The third-order valence-electron chi connectivity index (χ3n) is 3.85. The molecule has 1 aliphatic rings. The van der Waals surface area contributed by atoms with Crippen molar-refractivity contribution in [3.05, 3.63) is 24.3 Å². The molecule has 0 saturated carbocycles. The third kappa shape index (κ3) is 3.98. The summed E-state index contributed by atoms with van der Waals surface area (Å²) in [7, 11) is -1.67. The van der Waals surface area contributed by atoms with E-state index < -0.39 is 10.0 Å². The Morgan fingerprint density at radius 3 is 2.91 bits per heavy atom. The lowest BCUT2D eigenvalue weighted by atomic mass is 9.98. The SMILES string of the molecule is CCS(=O)(=O)N1CCCC(C(=O)Nc2cccc(OC)c2)C1. The zero-order chi connectivity index (χ0) is 16.2. The molecule has 1 atom stereocenters. The van der Waals surface area contributed by atoms with Crippen LogP contribution in [0.25, 0.3) is 0 Å². The number of sulfonamides is 1. The third-order valence-corrected chi connectivity index (χ3v) is 5.70. The number of hydrogen-bond acceptors (Lipinski definition) is 4. The van der Waals surface area contributed by atoms with Crippen LogP contribution in [0.3, 0.4) is 0 Å². The van der Waals surface area contributed by atoms with E-state index in [9.17, 15) is 13.2 Å². The lowest BCUT2D eigenvalue weighted by Crippen LogP contribution is -2.44. The van der Waals surface area contributed by atoms with E-state index in [-0.39, 0.29) is 24.1 Å². The quantitative estimate of drug-likeness (QED) is 0.893. The van der Waals surface area contributed by atoms with Gasteiger partial charge in [0.15, 0.2) is 0 Å². The minimum atomic E-state index is -3.24. The van der Waals surface area contributed by atoms with Crippen molar-refractivity contribution in [2.24, 2.45) is 5.92 Å². The Morgan fingerprint density at radius 1 is 1.45 bits per heavy atom. The van der Waals surface area contributed by atoms with Gasteiger partial charge in [-0.15, -0.1) is 0 Å². The Labute approximate surface area is 131 Å². The van der Waals surface area contributed by atoms with Crippen molar-refractivity contribution >= 4 is 21.6 Å². The van der Waals surface area contributed by atoms with Gasteiger partial charge < -0.3 is 10.1 Å². The Balaban J connectivity index is 2.03. The first kappa shape index (κ1) is 16.8. The van der Waals surface area contributed by atoms with Gasteiger partial charge >= 0.3 is 0 Å². The normalized spacial score (nSPS) is 19.6. The van der Waals surface area contributed by atoms with E-state index in [1.807, 2.05) is 0 Å². The number of carbonyl (C=O) groups is 1. The van der Waals surface area contributed by atoms with Crippen LogP contribution in [0.5, 0.6) is 5.75 Å². The maximum absolute atomic E-state index is 12.4. The highest BCUT2D eigenvalue weighted by molar-refractivity contribution is 7.89. The fraction of sp³-hybridized carbons (Fsp3) is 0.533. The zero-order valence-corrected chi connectivity index (χ0v) is 13.7. The number of nitrogens with zero attached hydrogens (tertiary/aromatic N) is 1. The van der Waals surface area contributed by atoms with Crippen molar-refractivity contribution in [2.75, 3.05) is 31.3 Å². The highest BCUT2D eigenvalue weighted by Crippen LogP contribution is 2.22. The Kier molecular flexibility index (Phi) is 5.42. The van der Waals surface area contributed by atoms with Crippen LogP contribution in [0.1, 0.15) is 19.8 Å². The van der Waals surface area contributed by atoms with Crippen LogP contribution < -0.4 is 10.1 Å². The van der Waals surface area contributed by atoms with Crippen LogP contribution in [0.4, 0.5) is 5.69 Å². The molecule has 0 bridgehead atoms. The van der Waals surface area contributed by atoms with Crippen LogP contribution >= 0.6 is 0 Å². The van der Waals surface area contributed by atoms with Crippen molar-refractivity contribution in [3.63, 3.8) is 0 Å². The average molecular weight is 326 g/mol. The van der Waals surface area contributed by atoms with E-state index in [0.717, 1.165) is 0 Å². The van der Waals surface area contributed by atoms with Crippen LogP contribution in [-0.4, -0.2) is 44.6 Å². The minimum Gasteiger partial charge on any atom is -0.497 e. The van der Waals surface area contributed by atoms with E-state index in [1.165, 1.54) is 4.31 Å². The molecule has 122 valence electrons. The van der Waals surface area contributed by atoms with Gasteiger partial charge in [0.05, 0.1) is 18.8 Å². The highest BCUT2D eigenvalue weighted by atomic mass is 32.2. The molecule has 7 heteroatoms. The van der Waals surface area contributed by atoms with E-state index in [2.05, 4.69) is 5.32 Å². The summed E-state index contributed by atoms with van der Waals surface area (Å²) in [4.78, 5) is 12.4. The summed E-state index contributed by atoms with van der Waals surface area (Å²) in [6.07, 6.45) is 1.40. The van der Waals surface area contributed by atoms with Crippen LogP contribution in [-0.2, 0) is 14.8 Å². The number of anilines is 1. The number of piperidine rings is 1. The number of hydrogen-bond donors (Lipinski definition) is 1. The fourth-order valence-corrected chi connectivity index (χ4v) is 3.72. The Hall–Kier alpha value is -1.60. The van der Waals surface area contributed by atoms with E-state index in [0.29, 0.717) is 30.8 Å². The van der Waals surface area contributed by atoms with Crippen LogP contribution in [0, 0.1) is 5.92 Å². The number of benzene rings is 1. The van der Waals surface area contributed by atoms with Crippen LogP contribution in [0.15, 0.2) is 24.3 Å². The molecule has 0 radical (unpaired) electrons. The second-order valence-corrected chi connectivity index (χ2v) is 7.58. The standard InChI is InChI=1S/C15H22N2O4S/c1-3-22(19,20)17-9-5-6-12(11-17)15(18)16-13-7-4-8-14(10-13)21-2/h4,7-8,10,12H,3,5-6,9,11H2,1-2H3,(H,16,18). The Bertz CT molecular complexity index is 630. The lowest BCUT2D eigenvalue weighted by Gasteiger charge is -2.30. The fourth-order valence-electron chi connectivity index (χ4n) is 2.54. The molecule has 1 aromatic rings. The maximum atomic E-state index is 12.4. The number of carbonyl (C=O) groups excluding carboxylic acids is 1. The zero-order valence-electron chi connectivity index (χ0n) is 12.9. The number of nitrogens with one attached hydrogen (secondary N) is 1. The van der Waals surface area contributed by atoms with Gasteiger partial charge in [-0.25, -0.2) is 12.7 Å². The van der Waals surface area contributed by atoms with Gasteiger partial charge in [0.2, 0.25) is 15.9 Å². The Morgan fingerprint density at radius 2 is 2.23 bits per heavy atom. The molecule has 1 unspecified atom stereocenters. The lowest BCUT2D eigenvalue weighted by molar-refractivity contribution is -0.120. The van der Waals surface area contributed by atoms with Crippen molar-refractivity contribution in [2.45, 2.75) is 19.8 Å². The van der Waals surface area contributed by atoms with Gasteiger partial charge in [0, 0.05) is 24.8 Å². The first-order valence-electron chi connectivity index (χ1n) is 7.39. The molecule has 1 heterocycles. The smallest absolute Gasteiger partial charge is 0.228 e. The predicted octanol–water partition coefficient (Wildman–Crippen LogP) is 1.70. The number of amides is 1. The van der Waals surface area contributed by atoms with E-state index in [1.54, 1.807) is 38.3 Å². The van der Waals surface area contributed by atoms with E-state index >= 15 is 0 Å². The summed E-state index contributed by atoms with van der Waals surface area (Å²) in [5.41, 5.74) is 0.653. The summed E-state index contributed by atoms with van der Waals surface area (Å²) >= 11 is 0. The molecule has 0 spiro atoms. The average Bonchev–Trinajstić information content (AvgIpc) is 2.55. The summed E-state index contributed by atoms with van der Waals surface area (Å²) in [6, 6.07) is 7.11. The van der Waals surface area contributed by atoms with Gasteiger partial charge in [-0.2, -0.15) is 0 Å². The summed E-state index contributed by atoms with van der Waals surface area (Å²) in [5.74, 6) is 0.263. The molecule has 6 nitrogen and oxygen atoms in total. The molecule has 22 heavy (non-hydrogen) atoms. The van der Waals surface area contributed by atoms with Gasteiger partial charge in [-0.05, 0) is 31.9 Å². The largest absolute Gasteiger partial charge is 0.497 e. The topological polar surface area (TPSA) is 75.7 Å². The summed E-state index contributed by atoms with van der Waals surface area (Å²) < 4.78 is 30.4. The van der Waals surface area contributed by atoms with Gasteiger partial charge in [0.25, 0.3) is 0 Å². The molecule has 1 fully saturated rings. The number of rotatable bonds is 5. The van der Waals surface area contributed by atoms with Gasteiger partial charge in [-0.3, -0.25) is 4.79 Å². The molecule has 1 saturated heterocycles. The monoisotopic (exact) mass is 326 g/mol. The second kappa shape index (κ2) is 7.11. The summed E-state index contributed by atoms with van der Waals surface area (Å²) in [5, 5.41) is 2.84. The number of methoxy groups -OCH3 is 1. The highest BCUT2D eigenvalue weighted by Gasteiger charge is 2.31. The molecule has 0 aliphatic carbocycles. The molecule has 2 rings (SSSR count). The molecular formula is C15H22N2O4S. The van der Waals surface area contributed by atoms with Crippen molar-refractivity contribution in [3.8, 4) is 5.75 Å². The molecular weight excluding hydrogens is 304 g/mol. The first-order chi connectivity index (χ1) is 10.5. The van der Waals surface area contributed by atoms with Gasteiger partial charge in [-0.1, -0.05) is 6.07 Å². The predicted molar refractivity (Wildman–Crippen MR) is 85.4 cm³/mol. The molecule has 1 amide bonds. The molecule has 0 aromatic heterocycles. The maximum Gasteiger partial charge on any atom is 0.228 e. The van der Waals surface area contributed by atoms with Crippen LogP contribution in [0.2, 0.25) is 0 Å². The molecule has 1 aliphatic heterocycles. The van der Waals surface area contributed by atoms with Crippen molar-refractivity contribution < 1.29 is 17.9 Å². The second-order valence-electron chi connectivity index (χ2n) is 5.32. The number of ether oxygens (including phenoxy) is 1.